The molecule has 2 nitrogen and oxygen atoms in total. The molecule has 0 saturated carbocycles. The van der Waals surface area contributed by atoms with Crippen LogP contribution >= 0.6 is 0 Å². The molecule has 1 aromatic carbocycles. The Labute approximate surface area is 110 Å². The number of anilines is 1. The van der Waals surface area contributed by atoms with Crippen molar-refractivity contribution in [1.29, 1.82) is 0 Å². The molecule has 1 heterocycles. The zero-order valence-electron chi connectivity index (χ0n) is 11.5. The molecule has 1 atom stereocenters. The SMILES string of the molecule is CCCCC(CC)CN1C(=O)Cc2ccccc21. The summed E-state index contributed by atoms with van der Waals surface area (Å²) >= 11 is 0. The summed E-state index contributed by atoms with van der Waals surface area (Å²) < 4.78 is 0. The highest BCUT2D eigenvalue weighted by Crippen LogP contribution is 2.30. The summed E-state index contributed by atoms with van der Waals surface area (Å²) in [6.07, 6.45) is 5.48. The average Bonchev–Trinajstić information content (AvgIpc) is 2.70. The van der Waals surface area contributed by atoms with E-state index in [4.69, 9.17) is 0 Å². The van der Waals surface area contributed by atoms with Gasteiger partial charge in [0, 0.05) is 12.2 Å². The Morgan fingerprint density at radius 2 is 2.06 bits per heavy atom. The summed E-state index contributed by atoms with van der Waals surface area (Å²) in [7, 11) is 0. The fourth-order valence-electron chi connectivity index (χ4n) is 2.69. The molecule has 0 aliphatic carbocycles. The van der Waals surface area contributed by atoms with Crippen molar-refractivity contribution >= 4 is 11.6 Å². The number of benzene rings is 1. The molecule has 0 saturated heterocycles. The van der Waals surface area contributed by atoms with Gasteiger partial charge >= 0.3 is 0 Å². The minimum Gasteiger partial charge on any atom is -0.312 e. The number of amides is 1. The van der Waals surface area contributed by atoms with Gasteiger partial charge in [-0.25, -0.2) is 0 Å². The van der Waals surface area contributed by atoms with E-state index in [0.29, 0.717) is 12.3 Å². The first-order valence-corrected chi connectivity index (χ1v) is 7.14. The van der Waals surface area contributed by atoms with E-state index < -0.39 is 0 Å². The maximum absolute atomic E-state index is 12.1. The van der Waals surface area contributed by atoms with Gasteiger partial charge in [-0.1, -0.05) is 51.3 Å². The highest BCUT2D eigenvalue weighted by atomic mass is 16.2. The standard InChI is InChI=1S/C16H23NO/c1-3-5-8-13(4-2)12-17-15-10-7-6-9-14(15)11-16(17)18/h6-7,9-10,13H,3-5,8,11-12H2,1-2H3. The predicted octanol–water partition coefficient (Wildman–Crippen LogP) is 3.79. The lowest BCUT2D eigenvalue weighted by molar-refractivity contribution is -0.117. The normalized spacial score (nSPS) is 15.9. The van der Waals surface area contributed by atoms with E-state index >= 15 is 0 Å². The van der Waals surface area contributed by atoms with Gasteiger partial charge in [0.15, 0.2) is 0 Å². The molecule has 1 aromatic rings. The maximum Gasteiger partial charge on any atom is 0.231 e. The van der Waals surface area contributed by atoms with Crippen molar-refractivity contribution < 1.29 is 4.79 Å². The molecular formula is C16H23NO. The first-order chi connectivity index (χ1) is 8.76. The second kappa shape index (κ2) is 6.03. The number of nitrogens with zero attached hydrogens (tertiary/aromatic N) is 1. The summed E-state index contributed by atoms with van der Waals surface area (Å²) in [6.45, 7) is 5.35. The number of carbonyl (C=O) groups excluding carboxylic acids is 1. The van der Waals surface area contributed by atoms with Crippen molar-refractivity contribution in [3.63, 3.8) is 0 Å². The van der Waals surface area contributed by atoms with Crippen molar-refractivity contribution in [3.8, 4) is 0 Å². The van der Waals surface area contributed by atoms with Crippen molar-refractivity contribution in [2.24, 2.45) is 5.92 Å². The van der Waals surface area contributed by atoms with Gasteiger partial charge in [-0.05, 0) is 24.0 Å². The molecule has 98 valence electrons. The van der Waals surface area contributed by atoms with Crippen molar-refractivity contribution in [3.05, 3.63) is 29.8 Å². The highest BCUT2D eigenvalue weighted by molar-refractivity contribution is 6.01. The van der Waals surface area contributed by atoms with Crippen LogP contribution < -0.4 is 4.90 Å². The Morgan fingerprint density at radius 3 is 2.78 bits per heavy atom. The van der Waals surface area contributed by atoms with E-state index in [1.165, 1.54) is 24.8 Å². The van der Waals surface area contributed by atoms with Crippen LogP contribution in [0.1, 0.15) is 45.1 Å². The minimum atomic E-state index is 0.270. The van der Waals surface area contributed by atoms with Crippen LogP contribution in [-0.2, 0) is 11.2 Å². The third-order valence-electron chi connectivity index (χ3n) is 3.91. The zero-order valence-corrected chi connectivity index (χ0v) is 11.5. The topological polar surface area (TPSA) is 20.3 Å². The van der Waals surface area contributed by atoms with Crippen LogP contribution in [0.3, 0.4) is 0 Å². The maximum atomic E-state index is 12.1. The second-order valence-corrected chi connectivity index (χ2v) is 5.23. The molecule has 2 rings (SSSR count). The van der Waals surface area contributed by atoms with Crippen LogP contribution in [0, 0.1) is 5.92 Å². The van der Waals surface area contributed by atoms with Crippen molar-refractivity contribution in [2.75, 3.05) is 11.4 Å². The molecule has 1 amide bonds. The number of carbonyl (C=O) groups is 1. The van der Waals surface area contributed by atoms with Crippen molar-refractivity contribution in [2.45, 2.75) is 46.0 Å². The molecule has 1 unspecified atom stereocenters. The van der Waals surface area contributed by atoms with Crippen LogP contribution in [0.5, 0.6) is 0 Å². The molecule has 18 heavy (non-hydrogen) atoms. The number of hydrogen-bond acceptors (Lipinski definition) is 1. The van der Waals surface area contributed by atoms with Gasteiger partial charge in [-0.3, -0.25) is 4.79 Å². The lowest BCUT2D eigenvalue weighted by atomic mass is 9.98. The van der Waals surface area contributed by atoms with E-state index in [9.17, 15) is 4.79 Å². The van der Waals surface area contributed by atoms with E-state index in [-0.39, 0.29) is 5.91 Å². The van der Waals surface area contributed by atoms with Crippen LogP contribution in [0.15, 0.2) is 24.3 Å². The monoisotopic (exact) mass is 245 g/mol. The third kappa shape index (κ3) is 2.74. The lowest BCUT2D eigenvalue weighted by Gasteiger charge is -2.23. The largest absolute Gasteiger partial charge is 0.312 e. The second-order valence-electron chi connectivity index (χ2n) is 5.23. The Morgan fingerprint density at radius 1 is 1.28 bits per heavy atom. The van der Waals surface area contributed by atoms with E-state index in [1.54, 1.807) is 0 Å². The summed E-state index contributed by atoms with van der Waals surface area (Å²) in [5.41, 5.74) is 2.32. The number of rotatable bonds is 6. The highest BCUT2D eigenvalue weighted by Gasteiger charge is 2.28. The smallest absolute Gasteiger partial charge is 0.231 e. The molecular weight excluding hydrogens is 222 g/mol. The quantitative estimate of drug-likeness (QED) is 0.746. The van der Waals surface area contributed by atoms with Crippen LogP contribution in [0.4, 0.5) is 5.69 Å². The molecule has 0 aromatic heterocycles. The molecule has 1 aliphatic rings. The lowest BCUT2D eigenvalue weighted by Crippen LogP contribution is -2.32. The third-order valence-corrected chi connectivity index (χ3v) is 3.91. The van der Waals surface area contributed by atoms with Crippen molar-refractivity contribution in [1.82, 2.24) is 0 Å². The van der Waals surface area contributed by atoms with Crippen LogP contribution in [0.2, 0.25) is 0 Å². The Balaban J connectivity index is 2.06. The molecule has 0 fully saturated rings. The van der Waals surface area contributed by atoms with Crippen LogP contribution in [-0.4, -0.2) is 12.5 Å². The molecule has 2 heteroatoms. The average molecular weight is 245 g/mol. The number of hydrogen-bond donors (Lipinski definition) is 0. The van der Waals surface area contributed by atoms with E-state index in [1.807, 2.05) is 17.0 Å². The van der Waals surface area contributed by atoms with Gasteiger partial charge in [0.25, 0.3) is 0 Å². The number of unbranched alkanes of at least 4 members (excludes halogenated alkanes) is 1. The van der Waals surface area contributed by atoms with Gasteiger partial charge < -0.3 is 4.90 Å². The van der Waals surface area contributed by atoms with Crippen LogP contribution in [0.25, 0.3) is 0 Å². The van der Waals surface area contributed by atoms with Gasteiger partial charge in [0.05, 0.1) is 6.42 Å². The van der Waals surface area contributed by atoms with Gasteiger partial charge in [0.1, 0.15) is 0 Å². The fourth-order valence-corrected chi connectivity index (χ4v) is 2.69. The van der Waals surface area contributed by atoms with Gasteiger partial charge in [-0.2, -0.15) is 0 Å². The van der Waals surface area contributed by atoms with Gasteiger partial charge in [0.2, 0.25) is 5.91 Å². The van der Waals surface area contributed by atoms with E-state index in [2.05, 4.69) is 26.0 Å². The Kier molecular flexibility index (Phi) is 4.40. The summed E-state index contributed by atoms with van der Waals surface area (Å²) in [5, 5.41) is 0. The summed E-state index contributed by atoms with van der Waals surface area (Å²) in [4.78, 5) is 14.1. The molecule has 0 radical (unpaired) electrons. The molecule has 0 N–H and O–H groups in total. The molecule has 0 bridgehead atoms. The van der Waals surface area contributed by atoms with E-state index in [0.717, 1.165) is 18.7 Å². The summed E-state index contributed by atoms with van der Waals surface area (Å²) in [6, 6.07) is 8.19. The Hall–Kier alpha value is -1.31. The van der Waals surface area contributed by atoms with Gasteiger partial charge in [-0.15, -0.1) is 0 Å². The zero-order chi connectivity index (χ0) is 13.0. The Bertz CT molecular complexity index is 413. The summed E-state index contributed by atoms with van der Waals surface area (Å²) in [5.74, 6) is 0.909. The number of fused-ring (bicyclic) bond motifs is 1. The number of para-hydroxylation sites is 1. The first-order valence-electron chi connectivity index (χ1n) is 7.14. The predicted molar refractivity (Wildman–Crippen MR) is 75.8 cm³/mol. The first kappa shape index (κ1) is 13.1. The molecule has 0 spiro atoms. The minimum absolute atomic E-state index is 0.270. The molecule has 1 aliphatic heterocycles. The fraction of sp³-hybridized carbons (Fsp3) is 0.562.